The van der Waals surface area contributed by atoms with E-state index in [1.807, 2.05) is 12.1 Å². The molecule has 1 aliphatic rings. The number of halogens is 2. The molecule has 3 aromatic rings. The van der Waals surface area contributed by atoms with Crippen molar-refractivity contribution in [1.29, 1.82) is 0 Å². The van der Waals surface area contributed by atoms with Crippen molar-refractivity contribution >= 4 is 62.0 Å². The first kappa shape index (κ1) is 17.4. The van der Waals surface area contributed by atoms with Gasteiger partial charge in [0.1, 0.15) is 17.6 Å². The van der Waals surface area contributed by atoms with Crippen LogP contribution in [0, 0.1) is 12.3 Å². The molecule has 9 heteroatoms. The zero-order chi connectivity index (χ0) is 18.3. The van der Waals surface area contributed by atoms with Gasteiger partial charge in [-0.2, -0.15) is 4.99 Å². The summed E-state index contributed by atoms with van der Waals surface area (Å²) < 4.78 is 14.7. The third kappa shape index (κ3) is 3.10. The van der Waals surface area contributed by atoms with Gasteiger partial charge in [0.25, 0.3) is 5.91 Å². The van der Waals surface area contributed by atoms with Gasteiger partial charge < -0.3 is 14.0 Å². The number of carbonyl (C=O) groups is 1. The number of terminal acetylenes is 1. The predicted octanol–water partition coefficient (Wildman–Crippen LogP) is 4.22. The molecule has 0 unspecified atom stereocenters. The normalized spacial score (nSPS) is 13.8. The van der Waals surface area contributed by atoms with Crippen LogP contribution in [-0.4, -0.2) is 23.7 Å². The fraction of sp³-hybridized carbons (Fsp3) is 0.176. The standard InChI is InChI=1S/C17H10Cl2N2O3S2/c1-2-3-21-10-7-11-12(24-5-4-23-11)8-13(10)25-17(21)20-16(22)9-6-14(18)26-15(9)19/h1,6-8H,3-5H2. The molecule has 4 rings (SSSR count). The molecule has 1 aliphatic heterocycles. The van der Waals surface area contributed by atoms with Crippen LogP contribution < -0.4 is 14.3 Å². The summed E-state index contributed by atoms with van der Waals surface area (Å²) in [6, 6.07) is 5.24. The summed E-state index contributed by atoms with van der Waals surface area (Å²) in [5.41, 5.74) is 1.11. The highest BCUT2D eigenvalue weighted by Crippen LogP contribution is 2.36. The lowest BCUT2D eigenvalue weighted by Gasteiger charge is -2.18. The Morgan fingerprint density at radius 2 is 1.96 bits per heavy atom. The van der Waals surface area contributed by atoms with E-state index in [4.69, 9.17) is 39.1 Å². The van der Waals surface area contributed by atoms with Gasteiger partial charge >= 0.3 is 0 Å². The number of carbonyl (C=O) groups excluding carboxylic acids is 1. The molecule has 2 aromatic heterocycles. The van der Waals surface area contributed by atoms with E-state index in [2.05, 4.69) is 10.9 Å². The Hall–Kier alpha value is -1.98. The van der Waals surface area contributed by atoms with Gasteiger partial charge in [0.2, 0.25) is 0 Å². The molecule has 0 fully saturated rings. The zero-order valence-electron chi connectivity index (χ0n) is 13.1. The Kier molecular flexibility index (Phi) is 4.67. The van der Waals surface area contributed by atoms with Crippen LogP contribution in [0.2, 0.25) is 8.67 Å². The van der Waals surface area contributed by atoms with Crippen LogP contribution in [0.15, 0.2) is 23.2 Å². The molecule has 0 atom stereocenters. The maximum atomic E-state index is 12.5. The number of fused-ring (bicyclic) bond motifs is 2. The molecule has 3 heterocycles. The summed E-state index contributed by atoms with van der Waals surface area (Å²) in [4.78, 5) is 17.2. The maximum absolute atomic E-state index is 12.5. The highest BCUT2D eigenvalue weighted by atomic mass is 35.5. The van der Waals surface area contributed by atoms with Gasteiger partial charge in [-0.15, -0.1) is 17.8 Å². The number of hydrogen-bond donors (Lipinski definition) is 0. The smallest absolute Gasteiger partial charge is 0.282 e. The van der Waals surface area contributed by atoms with Crippen molar-refractivity contribution in [3.8, 4) is 23.8 Å². The van der Waals surface area contributed by atoms with Crippen LogP contribution >= 0.6 is 45.9 Å². The number of aromatic nitrogens is 1. The van der Waals surface area contributed by atoms with E-state index in [1.54, 1.807) is 4.57 Å². The van der Waals surface area contributed by atoms with Crippen molar-refractivity contribution in [1.82, 2.24) is 4.57 Å². The lowest BCUT2D eigenvalue weighted by Crippen LogP contribution is -2.17. The van der Waals surface area contributed by atoms with E-state index in [0.29, 0.717) is 38.2 Å². The zero-order valence-corrected chi connectivity index (χ0v) is 16.3. The molecule has 0 spiro atoms. The minimum Gasteiger partial charge on any atom is -0.486 e. The number of nitrogens with zero attached hydrogens (tertiary/aromatic N) is 2. The van der Waals surface area contributed by atoms with E-state index in [1.165, 1.54) is 17.4 Å². The summed E-state index contributed by atoms with van der Waals surface area (Å²) in [7, 11) is 0. The van der Waals surface area contributed by atoms with Gasteiger partial charge in [-0.3, -0.25) is 4.79 Å². The third-order valence-electron chi connectivity index (χ3n) is 3.68. The number of amides is 1. The lowest BCUT2D eigenvalue weighted by molar-refractivity contribution is 0.0998. The van der Waals surface area contributed by atoms with E-state index >= 15 is 0 Å². The Morgan fingerprint density at radius 1 is 1.23 bits per heavy atom. The van der Waals surface area contributed by atoms with E-state index in [9.17, 15) is 4.79 Å². The fourth-order valence-corrected chi connectivity index (χ4v) is 5.05. The average molecular weight is 425 g/mol. The summed E-state index contributed by atoms with van der Waals surface area (Å²) in [6.45, 7) is 1.26. The SMILES string of the molecule is C#CCn1c(=NC(=O)c2cc(Cl)sc2Cl)sc2cc3c(cc21)OCCO3. The van der Waals surface area contributed by atoms with Gasteiger partial charge in [0.15, 0.2) is 16.3 Å². The molecule has 1 amide bonds. The lowest BCUT2D eigenvalue weighted by atomic mass is 10.2. The topological polar surface area (TPSA) is 52.8 Å². The predicted molar refractivity (Wildman–Crippen MR) is 104 cm³/mol. The monoisotopic (exact) mass is 424 g/mol. The Balaban J connectivity index is 1.88. The summed E-state index contributed by atoms with van der Waals surface area (Å²) >= 11 is 14.4. The summed E-state index contributed by atoms with van der Waals surface area (Å²) in [5.74, 6) is 3.45. The quantitative estimate of drug-likeness (QED) is 0.578. The van der Waals surface area contributed by atoms with Crippen LogP contribution in [0.3, 0.4) is 0 Å². The first-order valence-electron chi connectivity index (χ1n) is 7.47. The largest absolute Gasteiger partial charge is 0.486 e. The minimum atomic E-state index is -0.465. The molecule has 132 valence electrons. The number of thiophene rings is 1. The van der Waals surface area contributed by atoms with Crippen LogP contribution in [0.1, 0.15) is 10.4 Å². The molecular formula is C17H10Cl2N2O3S2. The Morgan fingerprint density at radius 3 is 2.62 bits per heavy atom. The Bertz CT molecular complexity index is 1140. The average Bonchev–Trinajstić information content (AvgIpc) is 3.12. The van der Waals surface area contributed by atoms with E-state index in [-0.39, 0.29) is 12.1 Å². The van der Waals surface area contributed by atoms with Crippen molar-refractivity contribution in [3.63, 3.8) is 0 Å². The van der Waals surface area contributed by atoms with Crippen LogP contribution in [-0.2, 0) is 6.54 Å². The second-order valence-electron chi connectivity index (χ2n) is 5.29. The first-order valence-corrected chi connectivity index (χ1v) is 9.86. The van der Waals surface area contributed by atoms with Crippen LogP contribution in [0.5, 0.6) is 11.5 Å². The van der Waals surface area contributed by atoms with Crippen molar-refractivity contribution in [2.45, 2.75) is 6.54 Å². The van der Waals surface area contributed by atoms with Crippen LogP contribution in [0.4, 0.5) is 0 Å². The molecule has 0 bridgehead atoms. The third-order valence-corrected chi connectivity index (χ3v) is 6.21. The molecule has 5 nitrogen and oxygen atoms in total. The highest BCUT2D eigenvalue weighted by molar-refractivity contribution is 7.20. The van der Waals surface area contributed by atoms with Crippen molar-refractivity contribution in [2.75, 3.05) is 13.2 Å². The molecule has 0 saturated carbocycles. The molecular weight excluding hydrogens is 415 g/mol. The molecule has 0 N–H and O–H groups in total. The maximum Gasteiger partial charge on any atom is 0.282 e. The highest BCUT2D eigenvalue weighted by Gasteiger charge is 2.18. The van der Waals surface area contributed by atoms with Crippen molar-refractivity contribution < 1.29 is 14.3 Å². The number of hydrogen-bond acceptors (Lipinski definition) is 5. The van der Waals surface area contributed by atoms with Crippen molar-refractivity contribution in [2.24, 2.45) is 4.99 Å². The number of benzene rings is 1. The fourth-order valence-electron chi connectivity index (χ4n) is 2.57. The van der Waals surface area contributed by atoms with Crippen LogP contribution in [0.25, 0.3) is 10.2 Å². The van der Waals surface area contributed by atoms with Gasteiger partial charge in [-0.05, 0) is 6.07 Å². The molecule has 0 radical (unpaired) electrons. The molecule has 26 heavy (non-hydrogen) atoms. The molecule has 0 saturated heterocycles. The summed E-state index contributed by atoms with van der Waals surface area (Å²) in [6.07, 6.45) is 5.50. The van der Waals surface area contributed by atoms with Gasteiger partial charge in [0.05, 0.1) is 26.7 Å². The number of rotatable bonds is 2. The van der Waals surface area contributed by atoms with E-state index in [0.717, 1.165) is 21.6 Å². The van der Waals surface area contributed by atoms with Gasteiger partial charge in [0, 0.05) is 12.1 Å². The first-order chi connectivity index (χ1) is 12.6. The molecule has 0 aliphatic carbocycles. The number of ether oxygens (including phenoxy) is 2. The van der Waals surface area contributed by atoms with Gasteiger partial charge in [-0.1, -0.05) is 40.5 Å². The van der Waals surface area contributed by atoms with Gasteiger partial charge in [-0.25, -0.2) is 0 Å². The molecule has 1 aromatic carbocycles. The van der Waals surface area contributed by atoms with Crippen molar-refractivity contribution in [3.05, 3.63) is 37.2 Å². The second kappa shape index (κ2) is 6.97. The number of thiazole rings is 1. The van der Waals surface area contributed by atoms with E-state index < -0.39 is 5.91 Å². The second-order valence-corrected chi connectivity index (χ2v) is 8.59. The minimum absolute atomic E-state index is 0.268. The summed E-state index contributed by atoms with van der Waals surface area (Å²) in [5, 5.41) is 0. The Labute approximate surface area is 166 Å².